The van der Waals surface area contributed by atoms with Gasteiger partial charge in [0.25, 0.3) is 5.91 Å². The van der Waals surface area contributed by atoms with Crippen LogP contribution in [0.15, 0.2) is 42.5 Å². The second kappa shape index (κ2) is 6.30. The second-order valence-electron chi connectivity index (χ2n) is 4.72. The number of amides is 1. The van der Waals surface area contributed by atoms with E-state index < -0.39 is 0 Å². The first-order valence-electron chi connectivity index (χ1n) is 6.63. The summed E-state index contributed by atoms with van der Waals surface area (Å²) in [6, 6.07) is 13.4. The molecule has 2 N–H and O–H groups in total. The number of aromatic nitrogens is 1. The molecule has 1 aromatic carbocycles. The van der Waals surface area contributed by atoms with Gasteiger partial charge in [-0.15, -0.1) is 0 Å². The predicted octanol–water partition coefficient (Wildman–Crippen LogP) is 2.92. The maximum absolute atomic E-state index is 12.2. The molecule has 0 saturated heterocycles. The van der Waals surface area contributed by atoms with Gasteiger partial charge in [-0.3, -0.25) is 4.79 Å². The number of anilines is 1. The van der Waals surface area contributed by atoms with E-state index in [9.17, 15) is 4.79 Å². The summed E-state index contributed by atoms with van der Waals surface area (Å²) >= 11 is 0. The Morgan fingerprint density at radius 2 is 1.90 bits per heavy atom. The molecule has 0 aliphatic heterocycles. The van der Waals surface area contributed by atoms with Gasteiger partial charge in [-0.25, -0.2) is 4.98 Å². The van der Waals surface area contributed by atoms with Crippen molar-refractivity contribution < 1.29 is 4.79 Å². The lowest BCUT2D eigenvalue weighted by Crippen LogP contribution is -2.18. The predicted molar refractivity (Wildman–Crippen MR) is 80.8 cm³/mol. The van der Waals surface area contributed by atoms with E-state index in [0.29, 0.717) is 5.69 Å². The smallest absolute Gasteiger partial charge is 0.274 e. The lowest BCUT2D eigenvalue weighted by molar-refractivity contribution is 0.102. The Kier molecular flexibility index (Phi) is 4.48. The molecule has 1 aromatic heterocycles. The van der Waals surface area contributed by atoms with Crippen molar-refractivity contribution >= 4 is 11.6 Å². The van der Waals surface area contributed by atoms with Crippen LogP contribution in [-0.4, -0.2) is 17.9 Å². The third kappa shape index (κ3) is 3.22. The van der Waals surface area contributed by atoms with Crippen molar-refractivity contribution in [3.63, 3.8) is 0 Å². The molecular formula is C16H19N3O. The largest absolute Gasteiger partial charge is 0.320 e. The number of carbonyl (C=O) groups excluding carboxylic acids is 1. The Bertz CT molecular complexity index is 610. The molecule has 104 valence electrons. The van der Waals surface area contributed by atoms with Gasteiger partial charge in [0.15, 0.2) is 0 Å². The first-order valence-corrected chi connectivity index (χ1v) is 6.63. The van der Waals surface area contributed by atoms with Gasteiger partial charge >= 0.3 is 0 Å². The summed E-state index contributed by atoms with van der Waals surface area (Å²) in [6.45, 7) is 3.92. The maximum atomic E-state index is 12.2. The summed E-state index contributed by atoms with van der Waals surface area (Å²) in [7, 11) is 1.89. The number of carbonyl (C=O) groups is 1. The van der Waals surface area contributed by atoms with Crippen molar-refractivity contribution in [2.24, 2.45) is 0 Å². The average molecular weight is 269 g/mol. The fourth-order valence-electron chi connectivity index (χ4n) is 2.00. The highest BCUT2D eigenvalue weighted by molar-refractivity contribution is 6.03. The zero-order chi connectivity index (χ0) is 14.5. The number of rotatable bonds is 4. The number of para-hydroxylation sites is 1. The minimum Gasteiger partial charge on any atom is -0.320 e. The Hall–Kier alpha value is -2.20. The number of nitrogens with one attached hydrogen (secondary N) is 2. The third-order valence-corrected chi connectivity index (χ3v) is 3.23. The first-order chi connectivity index (χ1) is 9.61. The van der Waals surface area contributed by atoms with Crippen LogP contribution in [0.4, 0.5) is 5.69 Å². The second-order valence-corrected chi connectivity index (χ2v) is 4.72. The van der Waals surface area contributed by atoms with E-state index in [4.69, 9.17) is 0 Å². The van der Waals surface area contributed by atoms with Crippen LogP contribution in [0.25, 0.3) is 0 Å². The normalized spacial score (nSPS) is 11.9. The van der Waals surface area contributed by atoms with E-state index in [2.05, 4.69) is 22.5 Å². The average Bonchev–Trinajstić information content (AvgIpc) is 2.47. The fourth-order valence-corrected chi connectivity index (χ4v) is 2.00. The molecule has 1 unspecified atom stereocenters. The molecule has 0 saturated carbocycles. The van der Waals surface area contributed by atoms with Crippen molar-refractivity contribution in [3.8, 4) is 0 Å². The van der Waals surface area contributed by atoms with Gasteiger partial charge in [0.05, 0.1) is 0 Å². The Balaban J connectivity index is 2.24. The van der Waals surface area contributed by atoms with Crippen molar-refractivity contribution in [2.75, 3.05) is 12.4 Å². The van der Waals surface area contributed by atoms with E-state index in [1.807, 2.05) is 50.4 Å². The number of hydrogen-bond donors (Lipinski definition) is 2. The highest BCUT2D eigenvalue weighted by atomic mass is 16.1. The third-order valence-electron chi connectivity index (χ3n) is 3.23. The molecule has 4 nitrogen and oxygen atoms in total. The molecule has 4 heteroatoms. The van der Waals surface area contributed by atoms with Crippen LogP contribution in [0.3, 0.4) is 0 Å². The molecule has 2 rings (SSSR count). The molecule has 20 heavy (non-hydrogen) atoms. The van der Waals surface area contributed by atoms with E-state index in [1.165, 1.54) is 0 Å². The monoisotopic (exact) mass is 269 g/mol. The minimum atomic E-state index is -0.190. The van der Waals surface area contributed by atoms with Crippen LogP contribution in [0, 0.1) is 6.92 Å². The molecule has 0 aliphatic carbocycles. The fraction of sp³-hybridized carbons (Fsp3) is 0.250. The first kappa shape index (κ1) is 14.2. The molecule has 1 heterocycles. The van der Waals surface area contributed by atoms with Gasteiger partial charge in [-0.2, -0.15) is 0 Å². The summed E-state index contributed by atoms with van der Waals surface area (Å²) in [5, 5.41) is 6.10. The lowest BCUT2D eigenvalue weighted by Gasteiger charge is -2.16. The highest BCUT2D eigenvalue weighted by Crippen LogP contribution is 2.22. The SMILES string of the molecule is CNC(C)c1ccccc1NC(=O)c1cccc(C)n1. The van der Waals surface area contributed by atoms with Crippen molar-refractivity contribution in [1.82, 2.24) is 10.3 Å². The molecule has 0 fully saturated rings. The van der Waals surface area contributed by atoms with Crippen LogP contribution in [-0.2, 0) is 0 Å². The number of benzene rings is 1. The molecule has 0 radical (unpaired) electrons. The van der Waals surface area contributed by atoms with Crippen LogP contribution in [0.2, 0.25) is 0 Å². The Morgan fingerprint density at radius 3 is 2.60 bits per heavy atom. The van der Waals surface area contributed by atoms with Gasteiger partial charge in [0.2, 0.25) is 0 Å². The van der Waals surface area contributed by atoms with E-state index >= 15 is 0 Å². The van der Waals surface area contributed by atoms with Crippen LogP contribution in [0.5, 0.6) is 0 Å². The van der Waals surface area contributed by atoms with Crippen LogP contribution < -0.4 is 10.6 Å². The van der Waals surface area contributed by atoms with E-state index in [-0.39, 0.29) is 11.9 Å². The summed E-state index contributed by atoms with van der Waals surface area (Å²) in [4.78, 5) is 16.5. The summed E-state index contributed by atoms with van der Waals surface area (Å²) in [5.74, 6) is -0.190. The molecule has 1 atom stereocenters. The van der Waals surface area contributed by atoms with Crippen molar-refractivity contribution in [1.29, 1.82) is 0 Å². The standard InChI is InChI=1S/C16H19N3O/c1-11-7-6-10-15(18-11)16(20)19-14-9-5-4-8-13(14)12(2)17-3/h4-10,12,17H,1-3H3,(H,19,20). The summed E-state index contributed by atoms with van der Waals surface area (Å²) in [6.07, 6.45) is 0. The molecule has 0 aliphatic rings. The lowest BCUT2D eigenvalue weighted by atomic mass is 10.1. The number of pyridine rings is 1. The maximum Gasteiger partial charge on any atom is 0.274 e. The van der Waals surface area contributed by atoms with Gasteiger partial charge in [0.1, 0.15) is 5.69 Å². The van der Waals surface area contributed by atoms with Crippen molar-refractivity contribution in [2.45, 2.75) is 19.9 Å². The van der Waals surface area contributed by atoms with Gasteiger partial charge < -0.3 is 10.6 Å². The molecule has 2 aromatic rings. The molecule has 1 amide bonds. The summed E-state index contributed by atoms with van der Waals surface area (Å²) in [5.41, 5.74) is 3.12. The Morgan fingerprint density at radius 1 is 1.15 bits per heavy atom. The Labute approximate surface area is 119 Å². The van der Waals surface area contributed by atoms with Gasteiger partial charge in [-0.1, -0.05) is 24.3 Å². The zero-order valence-electron chi connectivity index (χ0n) is 12.0. The number of hydrogen-bond acceptors (Lipinski definition) is 3. The topological polar surface area (TPSA) is 54.0 Å². The van der Waals surface area contributed by atoms with Gasteiger partial charge in [-0.05, 0) is 44.7 Å². The molecular weight excluding hydrogens is 250 g/mol. The zero-order valence-corrected chi connectivity index (χ0v) is 12.0. The molecule has 0 spiro atoms. The van der Waals surface area contributed by atoms with E-state index in [0.717, 1.165) is 16.9 Å². The van der Waals surface area contributed by atoms with E-state index in [1.54, 1.807) is 6.07 Å². The van der Waals surface area contributed by atoms with Crippen LogP contribution >= 0.6 is 0 Å². The quantitative estimate of drug-likeness (QED) is 0.897. The number of nitrogens with zero attached hydrogens (tertiary/aromatic N) is 1. The molecule has 0 bridgehead atoms. The highest BCUT2D eigenvalue weighted by Gasteiger charge is 2.12. The van der Waals surface area contributed by atoms with Crippen LogP contribution in [0.1, 0.15) is 34.7 Å². The van der Waals surface area contributed by atoms with Crippen molar-refractivity contribution in [3.05, 3.63) is 59.4 Å². The van der Waals surface area contributed by atoms with Gasteiger partial charge in [0, 0.05) is 17.4 Å². The summed E-state index contributed by atoms with van der Waals surface area (Å²) < 4.78 is 0. The minimum absolute atomic E-state index is 0.164. The number of aryl methyl sites for hydroxylation is 1.